The third-order valence-electron chi connectivity index (χ3n) is 6.38. The van der Waals surface area contributed by atoms with Crippen molar-refractivity contribution in [2.75, 3.05) is 0 Å². The fourth-order valence-electron chi connectivity index (χ4n) is 4.36. The summed E-state index contributed by atoms with van der Waals surface area (Å²) in [6.45, 7) is 5.72. The number of amides is 1. The van der Waals surface area contributed by atoms with E-state index < -0.39 is 98.0 Å². The summed E-state index contributed by atoms with van der Waals surface area (Å²) in [5, 5.41) is 74.6. The lowest BCUT2D eigenvalue weighted by molar-refractivity contribution is -0.373. The quantitative estimate of drug-likeness (QED) is 0.180. The van der Waals surface area contributed by atoms with Gasteiger partial charge in [0.1, 0.15) is 48.8 Å². The number of ether oxygens (including phenoxy) is 5. The maximum absolute atomic E-state index is 11.4. The molecular formula is C20H35NO13. The number of carbonyl (C=O) groups is 1. The number of aliphatic hydroxyl groups excluding tert-OH is 7. The first kappa shape index (κ1) is 27.6. The van der Waals surface area contributed by atoms with Gasteiger partial charge < -0.3 is 64.7 Å². The van der Waals surface area contributed by atoms with Crippen LogP contribution >= 0.6 is 0 Å². The van der Waals surface area contributed by atoms with Crippen molar-refractivity contribution < 1.29 is 64.2 Å². The molecule has 0 aromatic rings. The summed E-state index contributed by atoms with van der Waals surface area (Å²) in [5.74, 6) is -0.439. The van der Waals surface area contributed by atoms with Crippen molar-refractivity contribution in [3.8, 4) is 0 Å². The van der Waals surface area contributed by atoms with Gasteiger partial charge in [-0.1, -0.05) is 0 Å². The zero-order valence-corrected chi connectivity index (χ0v) is 19.2. The molecule has 0 spiro atoms. The van der Waals surface area contributed by atoms with Gasteiger partial charge in [0, 0.05) is 6.92 Å². The van der Waals surface area contributed by atoms with Gasteiger partial charge in [0.15, 0.2) is 18.9 Å². The maximum atomic E-state index is 11.4. The molecule has 198 valence electrons. The molecule has 3 heterocycles. The second-order valence-corrected chi connectivity index (χ2v) is 9.02. The topological polar surface area (TPSA) is 217 Å². The molecule has 0 aliphatic carbocycles. The van der Waals surface area contributed by atoms with Crippen LogP contribution in [-0.4, -0.2) is 134 Å². The molecule has 0 aromatic carbocycles. The number of carbonyl (C=O) groups excluding carboxylic acids is 1. The Morgan fingerprint density at radius 3 is 1.76 bits per heavy atom. The van der Waals surface area contributed by atoms with E-state index >= 15 is 0 Å². The average Bonchev–Trinajstić information content (AvgIpc) is 2.76. The number of hydrogen-bond donors (Lipinski definition) is 8. The van der Waals surface area contributed by atoms with Crippen LogP contribution in [0.1, 0.15) is 27.7 Å². The average molecular weight is 497 g/mol. The molecule has 0 bridgehead atoms. The summed E-state index contributed by atoms with van der Waals surface area (Å²) in [6.07, 6.45) is -19.2. The molecule has 14 heteroatoms. The normalized spacial score (nSPS) is 52.3. The van der Waals surface area contributed by atoms with E-state index in [4.69, 9.17) is 23.7 Å². The molecule has 1 amide bonds. The molecule has 14 nitrogen and oxygen atoms in total. The van der Waals surface area contributed by atoms with Gasteiger partial charge in [-0.25, -0.2) is 0 Å². The number of aliphatic hydroxyl groups is 7. The van der Waals surface area contributed by atoms with E-state index in [0.29, 0.717) is 0 Å². The highest BCUT2D eigenvalue weighted by Gasteiger charge is 2.52. The van der Waals surface area contributed by atoms with E-state index in [1.54, 1.807) is 0 Å². The fraction of sp³-hybridized carbons (Fsp3) is 0.950. The van der Waals surface area contributed by atoms with Crippen molar-refractivity contribution in [3.05, 3.63) is 0 Å². The Kier molecular flexibility index (Phi) is 8.87. The van der Waals surface area contributed by atoms with Crippen molar-refractivity contribution >= 4 is 5.91 Å². The van der Waals surface area contributed by atoms with Crippen LogP contribution in [0.3, 0.4) is 0 Å². The molecule has 8 N–H and O–H groups in total. The maximum Gasteiger partial charge on any atom is 0.217 e. The van der Waals surface area contributed by atoms with Crippen LogP contribution in [-0.2, 0) is 28.5 Å². The summed E-state index contributed by atoms with van der Waals surface area (Å²) >= 11 is 0. The lowest BCUT2D eigenvalue weighted by Crippen LogP contribution is -2.66. The lowest BCUT2D eigenvalue weighted by atomic mass is 9.95. The van der Waals surface area contributed by atoms with Gasteiger partial charge in [-0.15, -0.1) is 0 Å². The van der Waals surface area contributed by atoms with Gasteiger partial charge in [0.05, 0.1) is 24.4 Å². The highest BCUT2D eigenvalue weighted by molar-refractivity contribution is 5.73. The Morgan fingerprint density at radius 2 is 1.18 bits per heavy atom. The van der Waals surface area contributed by atoms with Crippen molar-refractivity contribution in [2.24, 2.45) is 0 Å². The molecule has 0 unspecified atom stereocenters. The lowest BCUT2D eigenvalue weighted by Gasteiger charge is -2.47. The fourth-order valence-corrected chi connectivity index (χ4v) is 4.36. The minimum absolute atomic E-state index is 0.439. The molecule has 3 aliphatic heterocycles. The number of hydrogen-bond acceptors (Lipinski definition) is 13. The van der Waals surface area contributed by atoms with Crippen LogP contribution in [0.4, 0.5) is 0 Å². The van der Waals surface area contributed by atoms with E-state index in [0.717, 1.165) is 0 Å². The second-order valence-electron chi connectivity index (χ2n) is 9.02. The van der Waals surface area contributed by atoms with Crippen molar-refractivity contribution in [2.45, 2.75) is 120 Å². The first-order valence-electron chi connectivity index (χ1n) is 11.1. The summed E-state index contributed by atoms with van der Waals surface area (Å²) in [6, 6.07) is -0.922. The standard InChI is InChI=1S/C20H35NO13/c1-5-9(21-8(4)22)11(24)13(26)19(31-5)34-17-15(28)16(7(3)30-18(17)29)33-20-14(27)12(25)10(23)6(2)32-20/h5-7,9-20,23-29H,1-4H3,(H,21,22)/t5-,6-,7-,9-,10-,11+,12+,13-,14-,15+,16-,17-,18-,19+,20+/m0/s1. The van der Waals surface area contributed by atoms with Crippen molar-refractivity contribution in [1.82, 2.24) is 5.32 Å². The predicted octanol–water partition coefficient (Wildman–Crippen LogP) is -4.35. The molecule has 3 fully saturated rings. The molecule has 15 atom stereocenters. The summed E-state index contributed by atoms with van der Waals surface area (Å²) < 4.78 is 27.6. The molecule has 34 heavy (non-hydrogen) atoms. The van der Waals surface area contributed by atoms with Gasteiger partial charge >= 0.3 is 0 Å². The second kappa shape index (κ2) is 10.9. The largest absolute Gasteiger partial charge is 0.388 e. The SMILES string of the molecule is CC(=O)N[C@@H]1[C@@H](O)[C@H](O)[C@@H](O[C@H]2[C@H](O)[C@@H](O[C@H]3O[C@@H](C)[C@H](O)[C@@H](O)[C@@H]3O)[C@H](C)O[C@@H]2O)O[C@H]1C. The molecule has 3 saturated heterocycles. The number of rotatable bonds is 5. The van der Waals surface area contributed by atoms with Gasteiger partial charge in [0.2, 0.25) is 5.91 Å². The van der Waals surface area contributed by atoms with Crippen LogP contribution in [0, 0.1) is 0 Å². The van der Waals surface area contributed by atoms with Crippen LogP contribution in [0.2, 0.25) is 0 Å². The van der Waals surface area contributed by atoms with E-state index in [-0.39, 0.29) is 0 Å². The molecule has 3 rings (SSSR count). The van der Waals surface area contributed by atoms with Gasteiger partial charge in [0.25, 0.3) is 0 Å². The molecule has 3 aliphatic rings. The van der Waals surface area contributed by atoms with E-state index in [1.165, 1.54) is 27.7 Å². The Bertz CT molecular complexity index is 699. The Balaban J connectivity index is 1.70. The molecule has 0 radical (unpaired) electrons. The highest BCUT2D eigenvalue weighted by atomic mass is 16.7. The third kappa shape index (κ3) is 5.53. The first-order chi connectivity index (χ1) is 15.8. The summed E-state index contributed by atoms with van der Waals surface area (Å²) in [5.41, 5.74) is 0. The van der Waals surface area contributed by atoms with Crippen molar-refractivity contribution in [3.63, 3.8) is 0 Å². The zero-order chi connectivity index (χ0) is 25.5. The predicted molar refractivity (Wildman–Crippen MR) is 109 cm³/mol. The van der Waals surface area contributed by atoms with Crippen molar-refractivity contribution in [1.29, 1.82) is 0 Å². The minimum atomic E-state index is -1.68. The number of nitrogens with one attached hydrogen (secondary N) is 1. The summed E-state index contributed by atoms with van der Waals surface area (Å²) in [4.78, 5) is 11.4. The molecule has 0 aromatic heterocycles. The smallest absolute Gasteiger partial charge is 0.217 e. The van der Waals surface area contributed by atoms with Crippen LogP contribution in [0.15, 0.2) is 0 Å². The van der Waals surface area contributed by atoms with Gasteiger partial charge in [-0.3, -0.25) is 4.79 Å². The Morgan fingerprint density at radius 1 is 0.647 bits per heavy atom. The first-order valence-corrected chi connectivity index (χ1v) is 11.1. The van der Waals surface area contributed by atoms with Gasteiger partial charge in [-0.05, 0) is 20.8 Å². The third-order valence-corrected chi connectivity index (χ3v) is 6.38. The van der Waals surface area contributed by atoms with Gasteiger partial charge in [-0.2, -0.15) is 0 Å². The summed E-state index contributed by atoms with van der Waals surface area (Å²) in [7, 11) is 0. The Hall–Kier alpha value is -1.01. The van der Waals surface area contributed by atoms with Crippen LogP contribution < -0.4 is 5.32 Å². The monoisotopic (exact) mass is 497 g/mol. The Labute approximate surface area is 195 Å². The highest BCUT2D eigenvalue weighted by Crippen LogP contribution is 2.32. The molecule has 0 saturated carbocycles. The van der Waals surface area contributed by atoms with E-state index in [2.05, 4.69) is 5.32 Å². The van der Waals surface area contributed by atoms with E-state index in [9.17, 15) is 40.5 Å². The van der Waals surface area contributed by atoms with Crippen LogP contribution in [0.25, 0.3) is 0 Å². The van der Waals surface area contributed by atoms with E-state index in [1.807, 2.05) is 0 Å². The minimum Gasteiger partial charge on any atom is -0.388 e. The zero-order valence-electron chi connectivity index (χ0n) is 19.2. The van der Waals surface area contributed by atoms with Crippen LogP contribution in [0.5, 0.6) is 0 Å². The molecular weight excluding hydrogens is 462 g/mol.